The first-order valence-electron chi connectivity index (χ1n) is 10.5. The molecule has 0 saturated carbocycles. The number of hydrogen-bond donors (Lipinski definition) is 2. The van der Waals surface area contributed by atoms with Crippen LogP contribution in [0.1, 0.15) is 35.6 Å². The standard InChI is InChI=1S/C24H32N4O2/c1-17-7-8-18(2)21(15-17)26-24(30)23(29)25-16-22(28-13-5-6-14-28)19-9-11-20(12-10-19)27(3)4/h7-12,15,22H,5-6,13-14,16H2,1-4H3,(H,25,29)(H,26,30)/t22-/m1/s1. The minimum absolute atomic E-state index is 0.0566. The Balaban J connectivity index is 1.66. The first kappa shape index (κ1) is 21.8. The molecule has 1 fully saturated rings. The van der Waals surface area contributed by atoms with Crippen molar-refractivity contribution in [3.8, 4) is 0 Å². The zero-order valence-electron chi connectivity index (χ0n) is 18.4. The molecule has 0 unspecified atom stereocenters. The highest BCUT2D eigenvalue weighted by atomic mass is 16.2. The summed E-state index contributed by atoms with van der Waals surface area (Å²) in [5.74, 6) is -1.24. The molecule has 1 saturated heterocycles. The number of nitrogens with one attached hydrogen (secondary N) is 2. The van der Waals surface area contributed by atoms with Crippen LogP contribution in [0.2, 0.25) is 0 Å². The number of anilines is 2. The number of rotatable bonds is 6. The second-order valence-electron chi connectivity index (χ2n) is 8.23. The molecule has 6 heteroatoms. The third-order valence-corrected chi connectivity index (χ3v) is 5.68. The maximum Gasteiger partial charge on any atom is 0.313 e. The van der Waals surface area contributed by atoms with Gasteiger partial charge in [0.05, 0.1) is 6.04 Å². The van der Waals surface area contributed by atoms with Crippen molar-refractivity contribution in [2.24, 2.45) is 0 Å². The molecular formula is C24H32N4O2. The fourth-order valence-corrected chi connectivity index (χ4v) is 3.82. The Bertz CT molecular complexity index is 887. The second kappa shape index (κ2) is 9.76. The topological polar surface area (TPSA) is 64.7 Å². The van der Waals surface area contributed by atoms with Gasteiger partial charge < -0.3 is 15.5 Å². The molecular weight excluding hydrogens is 376 g/mol. The third kappa shape index (κ3) is 5.39. The van der Waals surface area contributed by atoms with E-state index in [9.17, 15) is 9.59 Å². The van der Waals surface area contributed by atoms with E-state index in [1.807, 2.05) is 46.1 Å². The molecule has 0 spiro atoms. The highest BCUT2D eigenvalue weighted by Crippen LogP contribution is 2.26. The fourth-order valence-electron chi connectivity index (χ4n) is 3.82. The lowest BCUT2D eigenvalue weighted by molar-refractivity contribution is -0.136. The predicted octanol–water partition coefficient (Wildman–Crippen LogP) is 3.26. The Hall–Kier alpha value is -2.86. The highest BCUT2D eigenvalue weighted by molar-refractivity contribution is 6.39. The summed E-state index contributed by atoms with van der Waals surface area (Å²) in [7, 11) is 4.03. The molecule has 30 heavy (non-hydrogen) atoms. The molecule has 2 N–H and O–H groups in total. The number of benzene rings is 2. The molecule has 1 aliphatic heterocycles. The van der Waals surface area contributed by atoms with Gasteiger partial charge in [-0.1, -0.05) is 24.3 Å². The summed E-state index contributed by atoms with van der Waals surface area (Å²) in [5.41, 5.74) is 4.92. The number of aryl methyl sites for hydroxylation is 2. The normalized spacial score (nSPS) is 14.9. The van der Waals surface area contributed by atoms with Crippen molar-refractivity contribution in [1.82, 2.24) is 10.2 Å². The average Bonchev–Trinajstić information content (AvgIpc) is 3.25. The molecule has 6 nitrogen and oxygen atoms in total. The lowest BCUT2D eigenvalue weighted by Gasteiger charge is -2.28. The SMILES string of the molecule is Cc1ccc(C)c(NC(=O)C(=O)NC[C@H](c2ccc(N(C)C)cc2)N2CCCC2)c1. The van der Waals surface area contributed by atoms with Crippen LogP contribution in [-0.2, 0) is 9.59 Å². The summed E-state index contributed by atoms with van der Waals surface area (Å²) in [6, 6.07) is 14.3. The summed E-state index contributed by atoms with van der Waals surface area (Å²) < 4.78 is 0. The van der Waals surface area contributed by atoms with Gasteiger partial charge in [0.2, 0.25) is 0 Å². The summed E-state index contributed by atoms with van der Waals surface area (Å²) in [6.07, 6.45) is 2.32. The molecule has 2 aromatic carbocycles. The highest BCUT2D eigenvalue weighted by Gasteiger charge is 2.25. The summed E-state index contributed by atoms with van der Waals surface area (Å²) in [4.78, 5) is 29.4. The van der Waals surface area contributed by atoms with Crippen LogP contribution in [0.3, 0.4) is 0 Å². The van der Waals surface area contributed by atoms with E-state index >= 15 is 0 Å². The predicted molar refractivity (Wildman–Crippen MR) is 122 cm³/mol. The van der Waals surface area contributed by atoms with Crippen LogP contribution in [0.15, 0.2) is 42.5 Å². The smallest absolute Gasteiger partial charge is 0.313 e. The van der Waals surface area contributed by atoms with E-state index in [0.717, 1.165) is 48.3 Å². The van der Waals surface area contributed by atoms with Crippen LogP contribution in [0.25, 0.3) is 0 Å². The number of hydrogen-bond acceptors (Lipinski definition) is 4. The monoisotopic (exact) mass is 408 g/mol. The lowest BCUT2D eigenvalue weighted by Crippen LogP contribution is -2.41. The maximum atomic E-state index is 12.5. The minimum atomic E-state index is -0.633. The molecule has 160 valence electrons. The van der Waals surface area contributed by atoms with Crippen molar-refractivity contribution in [3.63, 3.8) is 0 Å². The van der Waals surface area contributed by atoms with Crippen molar-refractivity contribution in [1.29, 1.82) is 0 Å². The molecule has 0 radical (unpaired) electrons. The van der Waals surface area contributed by atoms with E-state index in [-0.39, 0.29) is 6.04 Å². The van der Waals surface area contributed by atoms with Crippen LogP contribution in [0.4, 0.5) is 11.4 Å². The molecule has 0 aromatic heterocycles. The average molecular weight is 409 g/mol. The number of likely N-dealkylation sites (tertiary alicyclic amines) is 1. The molecule has 2 aromatic rings. The van der Waals surface area contributed by atoms with Crippen molar-refractivity contribution < 1.29 is 9.59 Å². The summed E-state index contributed by atoms with van der Waals surface area (Å²) in [6.45, 7) is 6.28. The van der Waals surface area contributed by atoms with Crippen molar-refractivity contribution in [3.05, 3.63) is 59.2 Å². The van der Waals surface area contributed by atoms with Crippen LogP contribution in [0.5, 0.6) is 0 Å². The molecule has 1 aliphatic rings. The van der Waals surface area contributed by atoms with Gasteiger partial charge in [0.25, 0.3) is 0 Å². The quantitative estimate of drug-likeness (QED) is 0.720. The first-order chi connectivity index (χ1) is 14.3. The Morgan fingerprint density at radius 1 is 1.00 bits per heavy atom. The van der Waals surface area contributed by atoms with Crippen molar-refractivity contribution in [2.45, 2.75) is 32.7 Å². The largest absolute Gasteiger partial charge is 0.378 e. The van der Waals surface area contributed by atoms with E-state index < -0.39 is 11.8 Å². The van der Waals surface area contributed by atoms with E-state index in [0.29, 0.717) is 12.2 Å². The van der Waals surface area contributed by atoms with Crippen LogP contribution >= 0.6 is 0 Å². The zero-order chi connectivity index (χ0) is 21.7. The number of carbonyl (C=O) groups is 2. The van der Waals surface area contributed by atoms with Gasteiger partial charge in [0.1, 0.15) is 0 Å². The van der Waals surface area contributed by atoms with Gasteiger partial charge in [0, 0.05) is 32.0 Å². The molecule has 1 heterocycles. The Morgan fingerprint density at radius 2 is 1.67 bits per heavy atom. The third-order valence-electron chi connectivity index (χ3n) is 5.68. The van der Waals surface area contributed by atoms with E-state index in [1.54, 1.807) is 0 Å². The van der Waals surface area contributed by atoms with Gasteiger partial charge in [-0.3, -0.25) is 14.5 Å². The van der Waals surface area contributed by atoms with Gasteiger partial charge in [-0.2, -0.15) is 0 Å². The van der Waals surface area contributed by atoms with Gasteiger partial charge in [-0.15, -0.1) is 0 Å². The van der Waals surface area contributed by atoms with Crippen LogP contribution in [0, 0.1) is 13.8 Å². The minimum Gasteiger partial charge on any atom is -0.378 e. The van der Waals surface area contributed by atoms with E-state index in [4.69, 9.17) is 0 Å². The van der Waals surface area contributed by atoms with Crippen molar-refractivity contribution in [2.75, 3.05) is 43.9 Å². The van der Waals surface area contributed by atoms with Gasteiger partial charge in [-0.25, -0.2) is 0 Å². The summed E-state index contributed by atoms with van der Waals surface area (Å²) >= 11 is 0. The Morgan fingerprint density at radius 3 is 2.30 bits per heavy atom. The zero-order valence-corrected chi connectivity index (χ0v) is 18.4. The molecule has 3 rings (SSSR count). The second-order valence-corrected chi connectivity index (χ2v) is 8.23. The number of carbonyl (C=O) groups excluding carboxylic acids is 2. The first-order valence-corrected chi connectivity index (χ1v) is 10.5. The van der Waals surface area contributed by atoms with Crippen LogP contribution < -0.4 is 15.5 Å². The Labute approximate surface area is 179 Å². The molecule has 1 atom stereocenters. The van der Waals surface area contributed by atoms with E-state index in [2.05, 4.69) is 44.7 Å². The van der Waals surface area contributed by atoms with Gasteiger partial charge in [-0.05, 0) is 74.7 Å². The fraction of sp³-hybridized carbons (Fsp3) is 0.417. The number of amides is 2. The van der Waals surface area contributed by atoms with Crippen LogP contribution in [-0.4, -0.2) is 50.4 Å². The van der Waals surface area contributed by atoms with E-state index in [1.165, 1.54) is 0 Å². The molecule has 2 amide bonds. The lowest BCUT2D eigenvalue weighted by atomic mass is 10.0. The van der Waals surface area contributed by atoms with Gasteiger partial charge >= 0.3 is 11.8 Å². The number of nitrogens with zero attached hydrogens (tertiary/aromatic N) is 2. The maximum absolute atomic E-state index is 12.5. The summed E-state index contributed by atoms with van der Waals surface area (Å²) in [5, 5.41) is 5.58. The molecule has 0 bridgehead atoms. The van der Waals surface area contributed by atoms with Gasteiger partial charge in [0.15, 0.2) is 0 Å². The Kier molecular flexibility index (Phi) is 7.11. The van der Waals surface area contributed by atoms with Crippen molar-refractivity contribution >= 4 is 23.2 Å². The molecule has 0 aliphatic carbocycles.